The van der Waals surface area contributed by atoms with Gasteiger partial charge in [0.25, 0.3) is 0 Å². The van der Waals surface area contributed by atoms with E-state index in [1.807, 2.05) is 17.4 Å². The predicted molar refractivity (Wildman–Crippen MR) is 75.6 cm³/mol. The van der Waals surface area contributed by atoms with Crippen molar-refractivity contribution in [1.82, 2.24) is 0 Å². The van der Waals surface area contributed by atoms with Gasteiger partial charge in [0.15, 0.2) is 0 Å². The number of ether oxygens (including phenoxy) is 1. The highest BCUT2D eigenvalue weighted by atomic mass is 32.1. The Morgan fingerprint density at radius 1 is 1.41 bits per heavy atom. The molecule has 17 heavy (non-hydrogen) atoms. The minimum Gasteiger partial charge on any atom is -0.376 e. The number of methoxy groups -OCH3 is 1. The van der Waals surface area contributed by atoms with E-state index in [1.165, 1.54) is 15.0 Å². The summed E-state index contributed by atoms with van der Waals surface area (Å²) in [4.78, 5) is 1.33. The average Bonchev–Trinajstić information content (AvgIpc) is 2.78. The minimum atomic E-state index is 0.229. The Balaban J connectivity index is 2.15. The fourth-order valence-corrected chi connectivity index (χ4v) is 3.16. The van der Waals surface area contributed by atoms with Gasteiger partial charge in [-0.2, -0.15) is 0 Å². The second-order valence-electron chi connectivity index (χ2n) is 4.13. The highest BCUT2D eigenvalue weighted by Crippen LogP contribution is 2.33. The quantitative estimate of drug-likeness (QED) is 0.518. The Bertz CT molecular complexity index is 453. The first-order chi connectivity index (χ1) is 8.35. The van der Waals surface area contributed by atoms with Crippen LogP contribution in [0.25, 0.3) is 10.1 Å². The SMILES string of the molecule is C=CCCCC(OC)c1cc2ccccc2s1. The van der Waals surface area contributed by atoms with E-state index in [1.54, 1.807) is 7.11 Å². The molecular weight excluding hydrogens is 228 g/mol. The summed E-state index contributed by atoms with van der Waals surface area (Å²) >= 11 is 1.84. The topological polar surface area (TPSA) is 9.23 Å². The van der Waals surface area contributed by atoms with Gasteiger partial charge in [-0.15, -0.1) is 17.9 Å². The maximum absolute atomic E-state index is 5.59. The molecule has 1 heterocycles. The third kappa shape index (κ3) is 2.96. The molecule has 0 aliphatic rings. The van der Waals surface area contributed by atoms with Gasteiger partial charge in [-0.1, -0.05) is 24.3 Å². The lowest BCUT2D eigenvalue weighted by Gasteiger charge is -2.12. The zero-order valence-electron chi connectivity index (χ0n) is 10.2. The minimum absolute atomic E-state index is 0.229. The number of allylic oxidation sites excluding steroid dienone is 1. The van der Waals surface area contributed by atoms with Crippen LogP contribution in [0.15, 0.2) is 43.0 Å². The first-order valence-electron chi connectivity index (χ1n) is 5.97. The lowest BCUT2D eigenvalue weighted by Crippen LogP contribution is -1.98. The second kappa shape index (κ2) is 5.99. The van der Waals surface area contributed by atoms with Gasteiger partial charge in [-0.25, -0.2) is 0 Å². The predicted octanol–water partition coefficient (Wildman–Crippen LogP) is 4.95. The van der Waals surface area contributed by atoms with Crippen LogP contribution >= 0.6 is 11.3 Å². The number of hydrogen-bond donors (Lipinski definition) is 0. The van der Waals surface area contributed by atoms with Crippen LogP contribution in [0.2, 0.25) is 0 Å². The zero-order chi connectivity index (χ0) is 12.1. The van der Waals surface area contributed by atoms with Crippen molar-refractivity contribution in [3.8, 4) is 0 Å². The van der Waals surface area contributed by atoms with Crippen molar-refractivity contribution in [2.45, 2.75) is 25.4 Å². The van der Waals surface area contributed by atoms with E-state index in [4.69, 9.17) is 4.74 Å². The molecule has 90 valence electrons. The standard InChI is InChI=1S/C15H18OS/c1-3-4-5-9-13(16-2)15-11-12-8-6-7-10-14(12)17-15/h3,6-8,10-11,13H,1,4-5,9H2,2H3. The van der Waals surface area contributed by atoms with Gasteiger partial charge < -0.3 is 4.74 Å². The number of benzene rings is 1. The fraction of sp³-hybridized carbons (Fsp3) is 0.333. The summed E-state index contributed by atoms with van der Waals surface area (Å²) in [5.74, 6) is 0. The Morgan fingerprint density at radius 3 is 2.94 bits per heavy atom. The van der Waals surface area contributed by atoms with Gasteiger partial charge in [-0.3, -0.25) is 0 Å². The molecule has 1 aromatic heterocycles. The van der Waals surface area contributed by atoms with Crippen molar-refractivity contribution in [3.63, 3.8) is 0 Å². The number of unbranched alkanes of at least 4 members (excludes halogenated alkanes) is 1. The molecule has 0 aliphatic heterocycles. The number of fused-ring (bicyclic) bond motifs is 1. The molecule has 2 heteroatoms. The molecule has 0 saturated carbocycles. The van der Waals surface area contributed by atoms with E-state index in [0.29, 0.717) is 0 Å². The van der Waals surface area contributed by atoms with Crippen LogP contribution in [0.5, 0.6) is 0 Å². The molecule has 0 aliphatic carbocycles. The monoisotopic (exact) mass is 246 g/mol. The summed E-state index contributed by atoms with van der Waals surface area (Å²) in [6.45, 7) is 3.75. The van der Waals surface area contributed by atoms with E-state index in [0.717, 1.165) is 19.3 Å². The van der Waals surface area contributed by atoms with Crippen LogP contribution in [0.3, 0.4) is 0 Å². The molecule has 0 amide bonds. The van der Waals surface area contributed by atoms with Gasteiger partial charge in [0.05, 0.1) is 6.10 Å². The number of rotatable bonds is 6. The third-order valence-electron chi connectivity index (χ3n) is 2.92. The Hall–Kier alpha value is -1.12. The Kier molecular flexibility index (Phi) is 4.35. The van der Waals surface area contributed by atoms with Gasteiger partial charge in [0.1, 0.15) is 0 Å². The number of hydrogen-bond acceptors (Lipinski definition) is 2. The summed E-state index contributed by atoms with van der Waals surface area (Å²) in [5, 5.41) is 1.32. The van der Waals surface area contributed by atoms with Crippen molar-refractivity contribution < 1.29 is 4.74 Å². The summed E-state index contributed by atoms with van der Waals surface area (Å²) in [5.41, 5.74) is 0. The van der Waals surface area contributed by atoms with Crippen molar-refractivity contribution in [1.29, 1.82) is 0 Å². The smallest absolute Gasteiger partial charge is 0.0913 e. The average molecular weight is 246 g/mol. The van der Waals surface area contributed by atoms with E-state index < -0.39 is 0 Å². The summed E-state index contributed by atoms with van der Waals surface area (Å²) < 4.78 is 6.93. The van der Waals surface area contributed by atoms with Crippen molar-refractivity contribution in [3.05, 3.63) is 47.9 Å². The van der Waals surface area contributed by atoms with E-state index in [-0.39, 0.29) is 6.10 Å². The maximum Gasteiger partial charge on any atom is 0.0913 e. The first-order valence-corrected chi connectivity index (χ1v) is 6.79. The summed E-state index contributed by atoms with van der Waals surface area (Å²) in [6, 6.07) is 10.7. The molecule has 1 unspecified atom stereocenters. The highest BCUT2D eigenvalue weighted by Gasteiger charge is 2.13. The number of thiophene rings is 1. The maximum atomic E-state index is 5.59. The normalized spacial score (nSPS) is 12.8. The fourth-order valence-electron chi connectivity index (χ4n) is 1.98. The Labute approximate surface area is 107 Å². The van der Waals surface area contributed by atoms with Crippen LogP contribution in [0, 0.1) is 0 Å². The lowest BCUT2D eigenvalue weighted by molar-refractivity contribution is 0.0970. The van der Waals surface area contributed by atoms with E-state index in [9.17, 15) is 0 Å². The molecule has 0 fully saturated rings. The molecule has 1 aromatic carbocycles. The van der Waals surface area contributed by atoms with Crippen LogP contribution < -0.4 is 0 Å². The van der Waals surface area contributed by atoms with Gasteiger partial charge in [0, 0.05) is 16.7 Å². The largest absolute Gasteiger partial charge is 0.376 e. The molecule has 1 atom stereocenters. The molecule has 2 aromatic rings. The molecule has 0 radical (unpaired) electrons. The molecular formula is C15H18OS. The van der Waals surface area contributed by atoms with Gasteiger partial charge in [0.2, 0.25) is 0 Å². The Morgan fingerprint density at radius 2 is 2.24 bits per heavy atom. The highest BCUT2D eigenvalue weighted by molar-refractivity contribution is 7.19. The molecule has 2 rings (SSSR count). The van der Waals surface area contributed by atoms with Crippen LogP contribution in [0.1, 0.15) is 30.2 Å². The van der Waals surface area contributed by atoms with Crippen LogP contribution in [-0.4, -0.2) is 7.11 Å². The van der Waals surface area contributed by atoms with E-state index in [2.05, 4.69) is 36.9 Å². The van der Waals surface area contributed by atoms with E-state index >= 15 is 0 Å². The first kappa shape index (κ1) is 12.3. The van der Waals surface area contributed by atoms with Gasteiger partial charge >= 0.3 is 0 Å². The third-order valence-corrected chi connectivity index (χ3v) is 4.13. The molecule has 0 bridgehead atoms. The summed E-state index contributed by atoms with van der Waals surface area (Å²) in [7, 11) is 1.79. The molecule has 1 nitrogen and oxygen atoms in total. The zero-order valence-corrected chi connectivity index (χ0v) is 11.0. The van der Waals surface area contributed by atoms with Crippen molar-refractivity contribution >= 4 is 21.4 Å². The molecule has 0 N–H and O–H groups in total. The molecule has 0 spiro atoms. The van der Waals surface area contributed by atoms with Crippen LogP contribution in [0.4, 0.5) is 0 Å². The van der Waals surface area contributed by atoms with Crippen molar-refractivity contribution in [2.24, 2.45) is 0 Å². The molecule has 0 saturated heterocycles. The van der Waals surface area contributed by atoms with Crippen molar-refractivity contribution in [2.75, 3.05) is 7.11 Å². The second-order valence-corrected chi connectivity index (χ2v) is 5.25. The lowest BCUT2D eigenvalue weighted by atomic mass is 10.1. The van der Waals surface area contributed by atoms with Crippen LogP contribution in [-0.2, 0) is 4.74 Å². The summed E-state index contributed by atoms with van der Waals surface area (Å²) in [6.07, 6.45) is 5.46. The van der Waals surface area contributed by atoms with Gasteiger partial charge in [-0.05, 0) is 36.8 Å².